The van der Waals surface area contributed by atoms with Gasteiger partial charge < -0.3 is 4.74 Å². The Labute approximate surface area is 133 Å². The normalized spacial score (nSPS) is 14.2. The van der Waals surface area contributed by atoms with Gasteiger partial charge in [-0.25, -0.2) is 0 Å². The molecule has 126 valence electrons. The average Bonchev–Trinajstić information content (AvgIpc) is 2.45. The van der Waals surface area contributed by atoms with Crippen molar-refractivity contribution in [3.05, 3.63) is 0 Å². The van der Waals surface area contributed by atoms with Gasteiger partial charge in [-0.1, -0.05) is 73.1 Å². The summed E-state index contributed by atoms with van der Waals surface area (Å²) in [7, 11) is 0. The van der Waals surface area contributed by atoms with Crippen molar-refractivity contribution in [3.63, 3.8) is 0 Å². The molecule has 0 rings (SSSR count). The molecule has 0 aromatic heterocycles. The van der Waals surface area contributed by atoms with Crippen LogP contribution >= 0.6 is 0 Å². The Morgan fingerprint density at radius 2 is 1.62 bits per heavy atom. The number of rotatable bonds is 13. The van der Waals surface area contributed by atoms with E-state index in [0.717, 1.165) is 18.8 Å². The highest BCUT2D eigenvalue weighted by molar-refractivity contribution is 5.69. The van der Waals surface area contributed by atoms with Crippen molar-refractivity contribution in [2.75, 3.05) is 6.61 Å². The minimum Gasteiger partial charge on any atom is -0.465 e. The van der Waals surface area contributed by atoms with Gasteiger partial charge >= 0.3 is 5.97 Å². The van der Waals surface area contributed by atoms with Crippen LogP contribution in [0.1, 0.15) is 92.4 Å². The molecule has 0 amide bonds. The Bertz CT molecular complexity index is 248. The molecule has 0 radical (unpaired) electrons. The van der Waals surface area contributed by atoms with Crippen LogP contribution in [-0.4, -0.2) is 12.6 Å². The average molecular weight is 299 g/mol. The van der Waals surface area contributed by atoms with E-state index in [1.807, 2.05) is 0 Å². The molecular weight excluding hydrogens is 260 g/mol. The molecule has 0 heterocycles. The summed E-state index contributed by atoms with van der Waals surface area (Å²) in [6, 6.07) is 0. The van der Waals surface area contributed by atoms with Gasteiger partial charge in [0.2, 0.25) is 0 Å². The number of ether oxygens (including phenoxy) is 1. The van der Waals surface area contributed by atoms with Crippen molar-refractivity contribution in [3.8, 4) is 0 Å². The Hall–Kier alpha value is -0.530. The number of esters is 1. The molecule has 21 heavy (non-hydrogen) atoms. The van der Waals surface area contributed by atoms with E-state index in [9.17, 15) is 4.79 Å². The summed E-state index contributed by atoms with van der Waals surface area (Å²) in [5, 5.41) is 0. The van der Waals surface area contributed by atoms with Gasteiger partial charge in [0.05, 0.1) is 6.61 Å². The first-order valence-electron chi connectivity index (χ1n) is 9.16. The van der Waals surface area contributed by atoms with E-state index in [1.54, 1.807) is 0 Å². The van der Waals surface area contributed by atoms with E-state index in [4.69, 9.17) is 4.74 Å². The molecule has 2 heteroatoms. The van der Waals surface area contributed by atoms with Crippen LogP contribution < -0.4 is 0 Å². The minimum absolute atomic E-state index is 0.00236. The van der Waals surface area contributed by atoms with Crippen LogP contribution in [0, 0.1) is 17.8 Å². The Morgan fingerprint density at radius 1 is 0.905 bits per heavy atom. The summed E-state index contributed by atoms with van der Waals surface area (Å²) in [4.78, 5) is 11.8. The minimum atomic E-state index is 0.00236. The van der Waals surface area contributed by atoms with E-state index in [-0.39, 0.29) is 5.97 Å². The lowest BCUT2D eigenvalue weighted by Crippen LogP contribution is -2.20. The van der Waals surface area contributed by atoms with E-state index < -0.39 is 0 Å². The third-order valence-corrected chi connectivity index (χ3v) is 4.35. The smallest absolute Gasteiger partial charge is 0.305 e. The summed E-state index contributed by atoms with van der Waals surface area (Å²) in [5.41, 5.74) is 0. The Morgan fingerprint density at radius 3 is 2.19 bits per heavy atom. The van der Waals surface area contributed by atoms with Gasteiger partial charge in [-0.2, -0.15) is 0 Å². The van der Waals surface area contributed by atoms with Crippen molar-refractivity contribution >= 4 is 5.97 Å². The van der Waals surface area contributed by atoms with Crippen LogP contribution in [0.15, 0.2) is 0 Å². The molecule has 0 N–H and O–H groups in total. The van der Waals surface area contributed by atoms with E-state index in [0.29, 0.717) is 24.9 Å². The van der Waals surface area contributed by atoms with Gasteiger partial charge in [0.1, 0.15) is 0 Å². The summed E-state index contributed by atoms with van der Waals surface area (Å²) in [6.45, 7) is 11.8. The van der Waals surface area contributed by atoms with Gasteiger partial charge in [0.25, 0.3) is 0 Å². The molecule has 2 nitrogen and oxygen atoms in total. The Kier molecular flexibility index (Phi) is 12.8. The zero-order chi connectivity index (χ0) is 16.1. The second-order valence-corrected chi connectivity index (χ2v) is 6.99. The maximum absolute atomic E-state index is 11.8. The fourth-order valence-corrected chi connectivity index (χ4v) is 2.76. The van der Waals surface area contributed by atoms with Crippen LogP contribution in [-0.2, 0) is 9.53 Å². The zero-order valence-corrected chi connectivity index (χ0v) is 15.1. The van der Waals surface area contributed by atoms with Gasteiger partial charge in [-0.3, -0.25) is 4.79 Å². The first-order valence-corrected chi connectivity index (χ1v) is 9.16. The zero-order valence-electron chi connectivity index (χ0n) is 15.1. The molecule has 0 bridgehead atoms. The van der Waals surface area contributed by atoms with Crippen molar-refractivity contribution < 1.29 is 9.53 Å². The summed E-state index contributed by atoms with van der Waals surface area (Å²) in [6.07, 6.45) is 10.0. The fourth-order valence-electron chi connectivity index (χ4n) is 2.76. The van der Waals surface area contributed by atoms with Crippen molar-refractivity contribution in [2.45, 2.75) is 92.4 Å². The molecule has 2 atom stereocenters. The monoisotopic (exact) mass is 298 g/mol. The molecule has 0 aromatic rings. The van der Waals surface area contributed by atoms with E-state index in [1.165, 1.54) is 38.5 Å². The second-order valence-electron chi connectivity index (χ2n) is 6.99. The molecule has 0 saturated carbocycles. The third-order valence-electron chi connectivity index (χ3n) is 4.35. The molecule has 0 fully saturated rings. The van der Waals surface area contributed by atoms with Crippen molar-refractivity contribution in [1.82, 2.24) is 0 Å². The van der Waals surface area contributed by atoms with Gasteiger partial charge in [0.15, 0.2) is 0 Å². The molecule has 0 aliphatic rings. The maximum Gasteiger partial charge on any atom is 0.305 e. The van der Waals surface area contributed by atoms with E-state index in [2.05, 4.69) is 34.6 Å². The summed E-state index contributed by atoms with van der Waals surface area (Å²) < 4.78 is 5.53. The molecule has 2 unspecified atom stereocenters. The SMILES string of the molecule is CCCCC(C)C(CCC)COC(=O)CCCCC(C)C. The van der Waals surface area contributed by atoms with Crippen molar-refractivity contribution in [1.29, 1.82) is 0 Å². The lowest BCUT2D eigenvalue weighted by Gasteiger charge is -2.23. The van der Waals surface area contributed by atoms with Gasteiger partial charge in [0, 0.05) is 6.42 Å². The largest absolute Gasteiger partial charge is 0.465 e. The van der Waals surface area contributed by atoms with E-state index >= 15 is 0 Å². The molecule has 0 aliphatic heterocycles. The molecule has 0 spiro atoms. The highest BCUT2D eigenvalue weighted by Gasteiger charge is 2.18. The lowest BCUT2D eigenvalue weighted by atomic mass is 9.87. The van der Waals surface area contributed by atoms with Crippen molar-refractivity contribution in [2.24, 2.45) is 17.8 Å². The third kappa shape index (κ3) is 11.8. The number of hydrogen-bond acceptors (Lipinski definition) is 2. The van der Waals surface area contributed by atoms with Crippen LogP contribution in [0.3, 0.4) is 0 Å². The number of carbonyl (C=O) groups excluding carboxylic acids is 1. The number of unbranched alkanes of at least 4 members (excludes halogenated alkanes) is 2. The summed E-state index contributed by atoms with van der Waals surface area (Å²) in [5.74, 6) is 1.94. The number of carbonyl (C=O) groups is 1. The lowest BCUT2D eigenvalue weighted by molar-refractivity contribution is -0.145. The predicted molar refractivity (Wildman–Crippen MR) is 91.4 cm³/mol. The molecule has 0 saturated heterocycles. The van der Waals surface area contributed by atoms with Gasteiger partial charge in [-0.15, -0.1) is 0 Å². The van der Waals surface area contributed by atoms with Crippen LogP contribution in [0.2, 0.25) is 0 Å². The quantitative estimate of drug-likeness (QED) is 0.308. The Balaban J connectivity index is 3.91. The maximum atomic E-state index is 11.8. The van der Waals surface area contributed by atoms with Crippen LogP contribution in [0.4, 0.5) is 0 Å². The number of hydrogen-bond donors (Lipinski definition) is 0. The first kappa shape index (κ1) is 20.5. The molecule has 0 aromatic carbocycles. The predicted octanol–water partition coefficient (Wildman–Crippen LogP) is 5.99. The fraction of sp³-hybridized carbons (Fsp3) is 0.947. The first-order chi connectivity index (χ1) is 10.0. The van der Waals surface area contributed by atoms with Gasteiger partial charge in [-0.05, 0) is 30.6 Å². The standard InChI is InChI=1S/C19H38O2/c1-6-8-13-17(5)18(11-7-2)15-21-19(20)14-10-9-12-16(3)4/h16-18H,6-15H2,1-5H3. The molecular formula is C19H38O2. The molecule has 0 aliphatic carbocycles. The van der Waals surface area contributed by atoms with Crippen LogP contribution in [0.25, 0.3) is 0 Å². The second kappa shape index (κ2) is 13.2. The van der Waals surface area contributed by atoms with Crippen LogP contribution in [0.5, 0.6) is 0 Å². The highest BCUT2D eigenvalue weighted by atomic mass is 16.5. The topological polar surface area (TPSA) is 26.3 Å². The summed E-state index contributed by atoms with van der Waals surface area (Å²) >= 11 is 0. The highest BCUT2D eigenvalue weighted by Crippen LogP contribution is 2.23.